The quantitative estimate of drug-likeness (QED) is 0.222. The zero-order valence-corrected chi connectivity index (χ0v) is 21.5. The van der Waals surface area contributed by atoms with E-state index in [1.165, 1.54) is 26.9 Å². The van der Waals surface area contributed by atoms with E-state index >= 15 is 0 Å². The van der Waals surface area contributed by atoms with Gasteiger partial charge in [0, 0.05) is 29.1 Å². The Morgan fingerprint density at radius 2 is 0.900 bits per heavy atom. The summed E-state index contributed by atoms with van der Waals surface area (Å²) in [5.74, 6) is 1.97. The van der Waals surface area contributed by atoms with Gasteiger partial charge in [-0.15, -0.1) is 0 Å². The molecule has 40 heavy (non-hydrogen) atoms. The van der Waals surface area contributed by atoms with E-state index in [0.29, 0.717) is 17.5 Å². The van der Waals surface area contributed by atoms with Crippen molar-refractivity contribution in [3.63, 3.8) is 0 Å². The van der Waals surface area contributed by atoms with E-state index in [1.807, 2.05) is 54.9 Å². The molecule has 0 saturated heterocycles. The van der Waals surface area contributed by atoms with Crippen LogP contribution >= 0.6 is 0 Å². The van der Waals surface area contributed by atoms with Crippen molar-refractivity contribution in [2.24, 2.45) is 0 Å². The normalized spacial score (nSPS) is 11.5. The van der Waals surface area contributed by atoms with Crippen LogP contribution in [-0.4, -0.2) is 19.9 Å². The second kappa shape index (κ2) is 9.07. The number of hydrogen-bond acceptors (Lipinski definition) is 4. The molecule has 4 nitrogen and oxygen atoms in total. The van der Waals surface area contributed by atoms with E-state index in [9.17, 15) is 0 Å². The summed E-state index contributed by atoms with van der Waals surface area (Å²) >= 11 is 0. The summed E-state index contributed by atoms with van der Waals surface area (Å²) in [6, 6.07) is 42.1. The van der Waals surface area contributed by atoms with Gasteiger partial charge in [-0.25, -0.2) is 15.0 Å². The summed E-state index contributed by atoms with van der Waals surface area (Å²) < 4.78 is 0. The smallest absolute Gasteiger partial charge is 0.164 e. The highest BCUT2D eigenvalue weighted by molar-refractivity contribution is 6.25. The van der Waals surface area contributed by atoms with Crippen LogP contribution in [0.1, 0.15) is 0 Å². The summed E-state index contributed by atoms with van der Waals surface area (Å²) in [5, 5.41) is 7.37. The molecular weight excluding hydrogens is 488 g/mol. The molecule has 186 valence electrons. The molecule has 2 aromatic heterocycles. The van der Waals surface area contributed by atoms with Crippen molar-refractivity contribution in [1.29, 1.82) is 0 Å². The van der Waals surface area contributed by atoms with E-state index in [2.05, 4.69) is 83.8 Å². The molecule has 8 rings (SSSR count). The van der Waals surface area contributed by atoms with Crippen LogP contribution < -0.4 is 0 Å². The molecule has 6 aromatic carbocycles. The summed E-state index contributed by atoms with van der Waals surface area (Å²) in [4.78, 5) is 19.1. The molecule has 0 unspecified atom stereocenters. The van der Waals surface area contributed by atoms with Crippen LogP contribution in [0.4, 0.5) is 0 Å². The van der Waals surface area contributed by atoms with Gasteiger partial charge < -0.3 is 0 Å². The predicted octanol–water partition coefficient (Wildman–Crippen LogP) is 8.83. The van der Waals surface area contributed by atoms with Gasteiger partial charge in [0.05, 0.1) is 0 Å². The second-order valence-corrected chi connectivity index (χ2v) is 9.95. The van der Waals surface area contributed by atoms with Gasteiger partial charge in [0.15, 0.2) is 17.5 Å². The zero-order valence-electron chi connectivity index (χ0n) is 21.5. The fraction of sp³-hybridized carbons (Fsp3) is 0. The number of benzene rings is 6. The zero-order chi connectivity index (χ0) is 26.5. The van der Waals surface area contributed by atoms with Gasteiger partial charge >= 0.3 is 0 Å². The Balaban J connectivity index is 1.34. The Labute approximate surface area is 231 Å². The summed E-state index contributed by atoms with van der Waals surface area (Å²) in [6.07, 6.45) is 3.62. The molecule has 0 N–H and O–H groups in total. The molecule has 0 radical (unpaired) electrons. The number of aromatic nitrogens is 4. The number of hydrogen-bond donors (Lipinski definition) is 0. The van der Waals surface area contributed by atoms with Crippen molar-refractivity contribution >= 4 is 32.3 Å². The highest BCUT2D eigenvalue weighted by Gasteiger charge is 2.17. The number of rotatable bonds is 4. The topological polar surface area (TPSA) is 51.6 Å². The van der Waals surface area contributed by atoms with Crippen LogP contribution in [0.15, 0.2) is 134 Å². The van der Waals surface area contributed by atoms with Crippen LogP contribution in [-0.2, 0) is 0 Å². The molecule has 4 heteroatoms. The average molecular weight is 511 g/mol. The Morgan fingerprint density at radius 1 is 0.350 bits per heavy atom. The van der Waals surface area contributed by atoms with E-state index < -0.39 is 0 Å². The first-order valence-corrected chi connectivity index (χ1v) is 13.3. The van der Waals surface area contributed by atoms with E-state index in [0.717, 1.165) is 33.2 Å². The number of nitrogens with zero attached hydrogens (tertiary/aromatic N) is 4. The molecule has 0 aliphatic carbocycles. The maximum Gasteiger partial charge on any atom is 0.164 e. The number of pyridine rings is 1. The lowest BCUT2D eigenvalue weighted by Gasteiger charge is -2.14. The molecule has 0 aliphatic heterocycles. The lowest BCUT2D eigenvalue weighted by Crippen LogP contribution is -2.00. The van der Waals surface area contributed by atoms with Crippen molar-refractivity contribution < 1.29 is 0 Å². The van der Waals surface area contributed by atoms with Crippen LogP contribution in [0.3, 0.4) is 0 Å². The highest BCUT2D eigenvalue weighted by atomic mass is 15.0. The minimum atomic E-state index is 0.649. The summed E-state index contributed by atoms with van der Waals surface area (Å²) in [6.45, 7) is 0. The fourth-order valence-corrected chi connectivity index (χ4v) is 5.63. The predicted molar refractivity (Wildman–Crippen MR) is 163 cm³/mol. The van der Waals surface area contributed by atoms with Crippen LogP contribution in [0, 0.1) is 0 Å². The molecular formula is C36H22N4. The molecule has 2 heterocycles. The third-order valence-electron chi connectivity index (χ3n) is 7.59. The first kappa shape index (κ1) is 22.5. The molecule has 0 saturated carbocycles. The minimum Gasteiger partial charge on any atom is -0.265 e. The van der Waals surface area contributed by atoms with Gasteiger partial charge in [-0.2, -0.15) is 0 Å². The molecule has 0 atom stereocenters. The molecule has 0 fully saturated rings. The monoisotopic (exact) mass is 510 g/mol. The Bertz CT molecular complexity index is 2120. The maximum atomic E-state index is 5.05. The van der Waals surface area contributed by atoms with Crippen molar-refractivity contribution in [1.82, 2.24) is 19.9 Å². The lowest BCUT2D eigenvalue weighted by molar-refractivity contribution is 1.08. The fourth-order valence-electron chi connectivity index (χ4n) is 5.63. The van der Waals surface area contributed by atoms with Crippen LogP contribution in [0.5, 0.6) is 0 Å². The molecule has 8 aromatic rings. The second-order valence-electron chi connectivity index (χ2n) is 9.95. The molecule has 0 amide bonds. The van der Waals surface area contributed by atoms with Crippen molar-refractivity contribution in [2.45, 2.75) is 0 Å². The molecule has 0 spiro atoms. The van der Waals surface area contributed by atoms with Gasteiger partial charge in [-0.1, -0.05) is 103 Å². The van der Waals surface area contributed by atoms with Crippen molar-refractivity contribution in [3.05, 3.63) is 134 Å². The lowest BCUT2D eigenvalue weighted by atomic mass is 9.92. The maximum absolute atomic E-state index is 5.05. The Kier molecular flexibility index (Phi) is 5.10. The minimum absolute atomic E-state index is 0.649. The Morgan fingerprint density at radius 3 is 1.62 bits per heavy atom. The average Bonchev–Trinajstić information content (AvgIpc) is 3.04. The first-order valence-electron chi connectivity index (χ1n) is 13.3. The first-order chi connectivity index (χ1) is 19.8. The van der Waals surface area contributed by atoms with Gasteiger partial charge in [0.1, 0.15) is 0 Å². The van der Waals surface area contributed by atoms with E-state index in [1.54, 1.807) is 0 Å². The highest BCUT2D eigenvalue weighted by Crippen LogP contribution is 2.39. The van der Waals surface area contributed by atoms with Gasteiger partial charge in [0.2, 0.25) is 0 Å². The largest absolute Gasteiger partial charge is 0.265 e. The summed E-state index contributed by atoms with van der Waals surface area (Å²) in [7, 11) is 0. The van der Waals surface area contributed by atoms with Gasteiger partial charge in [0.25, 0.3) is 0 Å². The van der Waals surface area contributed by atoms with Crippen molar-refractivity contribution in [2.75, 3.05) is 0 Å². The van der Waals surface area contributed by atoms with Crippen LogP contribution in [0.2, 0.25) is 0 Å². The summed E-state index contributed by atoms with van der Waals surface area (Å²) in [5.41, 5.74) is 5.14. The van der Waals surface area contributed by atoms with Crippen LogP contribution in [0.25, 0.3) is 77.6 Å². The van der Waals surface area contributed by atoms with Gasteiger partial charge in [-0.05, 0) is 61.6 Å². The SMILES string of the molecule is c1ccc(-c2nc(-c3ccc(-c4ccncc4)cc3)nc(-c3ccc4ccc5cccc6ccc3c4c56)n2)cc1. The molecule has 0 bridgehead atoms. The van der Waals surface area contributed by atoms with Gasteiger partial charge in [-0.3, -0.25) is 4.98 Å². The third kappa shape index (κ3) is 3.69. The van der Waals surface area contributed by atoms with Crippen molar-refractivity contribution in [3.8, 4) is 45.3 Å². The standard InChI is InChI=1S/C36H22N4/c1-2-5-28(6-3-1)34-38-35(29-13-9-23(10-14-29)24-19-21-37-22-20-24)40-36(39-34)31-18-16-27-12-11-25-7-4-8-26-15-17-30(31)33(27)32(25)26/h1-22H. The van der Waals surface area contributed by atoms with E-state index in [-0.39, 0.29) is 0 Å². The van der Waals surface area contributed by atoms with E-state index in [4.69, 9.17) is 15.0 Å². The Hall–Kier alpha value is -5.48. The third-order valence-corrected chi connectivity index (χ3v) is 7.59. The molecule has 0 aliphatic rings.